The number of anilines is 1. The molecule has 1 fully saturated rings. The lowest BCUT2D eigenvalue weighted by Gasteiger charge is -2.26. The third kappa shape index (κ3) is 4.27. The molecule has 0 aliphatic carbocycles. The standard InChI is InChI=1S/C18H19FN2O4S/c19-17-4-2-1-3-14(17)13-18(22)20-15-5-7-16(8-6-15)26(23,24)21-9-11-25-12-10-21/h1-8H,9-13H2,(H,20,22). The molecule has 0 unspecified atom stereocenters. The van der Waals surface area contributed by atoms with E-state index in [0.29, 0.717) is 37.6 Å². The van der Waals surface area contributed by atoms with E-state index in [9.17, 15) is 17.6 Å². The number of morpholine rings is 1. The van der Waals surface area contributed by atoms with E-state index in [4.69, 9.17) is 4.74 Å². The smallest absolute Gasteiger partial charge is 0.243 e. The zero-order chi connectivity index (χ0) is 18.6. The van der Waals surface area contributed by atoms with E-state index < -0.39 is 15.8 Å². The lowest BCUT2D eigenvalue weighted by atomic mass is 10.1. The Labute approximate surface area is 151 Å². The van der Waals surface area contributed by atoms with Crippen molar-refractivity contribution in [2.45, 2.75) is 11.3 Å². The van der Waals surface area contributed by atoms with E-state index in [1.54, 1.807) is 18.2 Å². The molecule has 0 spiro atoms. The number of carbonyl (C=O) groups is 1. The van der Waals surface area contributed by atoms with Gasteiger partial charge in [0.05, 0.1) is 24.5 Å². The summed E-state index contributed by atoms with van der Waals surface area (Å²) in [5, 5.41) is 2.64. The molecule has 1 aliphatic rings. The largest absolute Gasteiger partial charge is 0.379 e. The van der Waals surface area contributed by atoms with E-state index in [-0.39, 0.29) is 17.2 Å². The Morgan fingerprint density at radius 3 is 2.38 bits per heavy atom. The molecule has 0 radical (unpaired) electrons. The van der Waals surface area contributed by atoms with Gasteiger partial charge >= 0.3 is 0 Å². The van der Waals surface area contributed by atoms with Gasteiger partial charge in [-0.3, -0.25) is 4.79 Å². The van der Waals surface area contributed by atoms with Gasteiger partial charge in [0.2, 0.25) is 15.9 Å². The molecule has 0 atom stereocenters. The van der Waals surface area contributed by atoms with Crippen molar-refractivity contribution in [3.63, 3.8) is 0 Å². The fourth-order valence-corrected chi connectivity index (χ4v) is 4.07. The summed E-state index contributed by atoms with van der Waals surface area (Å²) in [6.07, 6.45) is -0.0967. The zero-order valence-electron chi connectivity index (χ0n) is 14.0. The highest BCUT2D eigenvalue weighted by Crippen LogP contribution is 2.19. The highest BCUT2D eigenvalue weighted by Gasteiger charge is 2.26. The van der Waals surface area contributed by atoms with Gasteiger partial charge in [0.25, 0.3) is 0 Å². The van der Waals surface area contributed by atoms with Gasteiger partial charge in [-0.15, -0.1) is 0 Å². The fraction of sp³-hybridized carbons (Fsp3) is 0.278. The molecule has 1 N–H and O–H groups in total. The second-order valence-corrected chi connectivity index (χ2v) is 7.80. The number of hydrogen-bond donors (Lipinski definition) is 1. The number of sulfonamides is 1. The highest BCUT2D eigenvalue weighted by molar-refractivity contribution is 7.89. The molecule has 0 saturated carbocycles. The van der Waals surface area contributed by atoms with Crippen LogP contribution < -0.4 is 5.32 Å². The van der Waals surface area contributed by atoms with Crippen molar-refractivity contribution >= 4 is 21.6 Å². The van der Waals surface area contributed by atoms with Crippen LogP contribution in [-0.4, -0.2) is 44.9 Å². The summed E-state index contributed by atoms with van der Waals surface area (Å²) in [5.74, 6) is -0.812. The summed E-state index contributed by atoms with van der Waals surface area (Å²) in [6.45, 7) is 1.40. The normalized spacial score (nSPS) is 15.6. The summed E-state index contributed by atoms with van der Waals surface area (Å²) < 4.78 is 45.2. The van der Waals surface area contributed by atoms with Gasteiger partial charge in [0, 0.05) is 18.8 Å². The van der Waals surface area contributed by atoms with Crippen LogP contribution in [0.25, 0.3) is 0 Å². The van der Waals surface area contributed by atoms with Gasteiger partial charge in [0.15, 0.2) is 0 Å². The maximum Gasteiger partial charge on any atom is 0.243 e. The van der Waals surface area contributed by atoms with E-state index in [0.717, 1.165) is 0 Å². The van der Waals surface area contributed by atoms with Crippen LogP contribution >= 0.6 is 0 Å². The summed E-state index contributed by atoms with van der Waals surface area (Å²) in [7, 11) is -3.57. The molecular weight excluding hydrogens is 359 g/mol. The molecule has 1 heterocycles. The predicted octanol–water partition coefficient (Wildman–Crippen LogP) is 2.03. The first-order valence-electron chi connectivity index (χ1n) is 8.18. The summed E-state index contributed by atoms with van der Waals surface area (Å²) in [5.41, 5.74) is 0.754. The number of nitrogens with zero attached hydrogens (tertiary/aromatic N) is 1. The molecule has 0 aromatic heterocycles. The van der Waals surface area contributed by atoms with Gasteiger partial charge in [-0.1, -0.05) is 18.2 Å². The van der Waals surface area contributed by atoms with Crippen LogP contribution in [0.1, 0.15) is 5.56 Å². The Morgan fingerprint density at radius 1 is 1.08 bits per heavy atom. The molecule has 2 aromatic rings. The van der Waals surface area contributed by atoms with Crippen molar-refractivity contribution in [1.82, 2.24) is 4.31 Å². The van der Waals surface area contributed by atoms with Crippen LogP contribution in [0.4, 0.5) is 10.1 Å². The Kier molecular flexibility index (Phi) is 5.65. The SMILES string of the molecule is O=C(Cc1ccccc1F)Nc1ccc(S(=O)(=O)N2CCOCC2)cc1. The third-order valence-corrected chi connectivity index (χ3v) is 5.97. The second-order valence-electron chi connectivity index (χ2n) is 5.86. The van der Waals surface area contributed by atoms with Gasteiger partial charge in [-0.05, 0) is 35.9 Å². The van der Waals surface area contributed by atoms with Crippen LogP contribution in [-0.2, 0) is 26.0 Å². The third-order valence-electron chi connectivity index (χ3n) is 4.05. The van der Waals surface area contributed by atoms with Crippen LogP contribution in [0.3, 0.4) is 0 Å². The maximum atomic E-state index is 13.6. The van der Waals surface area contributed by atoms with Gasteiger partial charge in [0.1, 0.15) is 5.82 Å². The van der Waals surface area contributed by atoms with Crippen molar-refractivity contribution in [3.8, 4) is 0 Å². The molecule has 1 amide bonds. The summed E-state index contributed by atoms with van der Waals surface area (Å²) in [4.78, 5) is 12.2. The first kappa shape index (κ1) is 18.5. The Balaban J connectivity index is 1.66. The molecule has 3 rings (SSSR count). The first-order chi connectivity index (χ1) is 12.5. The van der Waals surface area contributed by atoms with Crippen molar-refractivity contribution in [1.29, 1.82) is 0 Å². The van der Waals surface area contributed by atoms with E-state index in [1.807, 2.05) is 0 Å². The van der Waals surface area contributed by atoms with Crippen LogP contribution in [0.15, 0.2) is 53.4 Å². The van der Waals surface area contributed by atoms with Crippen molar-refractivity contribution in [2.75, 3.05) is 31.6 Å². The van der Waals surface area contributed by atoms with Crippen LogP contribution in [0.2, 0.25) is 0 Å². The first-order valence-corrected chi connectivity index (χ1v) is 9.62. The van der Waals surface area contributed by atoms with Crippen molar-refractivity contribution in [2.24, 2.45) is 0 Å². The topological polar surface area (TPSA) is 75.7 Å². The summed E-state index contributed by atoms with van der Waals surface area (Å²) >= 11 is 0. The van der Waals surface area contributed by atoms with E-state index >= 15 is 0 Å². The minimum absolute atomic E-state index is 0.0967. The lowest BCUT2D eigenvalue weighted by molar-refractivity contribution is -0.115. The number of halogens is 1. The minimum Gasteiger partial charge on any atom is -0.379 e. The summed E-state index contributed by atoms with van der Waals surface area (Å²) in [6, 6.07) is 12.0. The minimum atomic E-state index is -3.57. The van der Waals surface area contributed by atoms with Crippen LogP contribution in [0.5, 0.6) is 0 Å². The van der Waals surface area contributed by atoms with Crippen molar-refractivity contribution in [3.05, 3.63) is 59.9 Å². The zero-order valence-corrected chi connectivity index (χ0v) is 14.8. The number of hydrogen-bond acceptors (Lipinski definition) is 4. The lowest BCUT2D eigenvalue weighted by Crippen LogP contribution is -2.40. The fourth-order valence-electron chi connectivity index (χ4n) is 2.67. The van der Waals surface area contributed by atoms with Gasteiger partial charge < -0.3 is 10.1 Å². The number of carbonyl (C=O) groups excluding carboxylic acids is 1. The monoisotopic (exact) mass is 378 g/mol. The molecule has 26 heavy (non-hydrogen) atoms. The molecule has 0 bridgehead atoms. The predicted molar refractivity (Wildman–Crippen MR) is 94.8 cm³/mol. The molecule has 6 nitrogen and oxygen atoms in total. The van der Waals surface area contributed by atoms with Crippen LogP contribution in [0, 0.1) is 5.82 Å². The van der Waals surface area contributed by atoms with E-state index in [2.05, 4.69) is 5.32 Å². The second kappa shape index (κ2) is 7.94. The molecule has 1 aliphatic heterocycles. The number of amides is 1. The molecule has 1 saturated heterocycles. The quantitative estimate of drug-likeness (QED) is 0.864. The molecule has 138 valence electrons. The van der Waals surface area contributed by atoms with Gasteiger partial charge in [-0.2, -0.15) is 4.31 Å². The highest BCUT2D eigenvalue weighted by atomic mass is 32.2. The number of benzene rings is 2. The molecular formula is C18H19FN2O4S. The molecule has 8 heteroatoms. The average Bonchev–Trinajstić information content (AvgIpc) is 2.65. The number of nitrogens with one attached hydrogen (secondary N) is 1. The maximum absolute atomic E-state index is 13.6. The Morgan fingerprint density at radius 2 is 1.73 bits per heavy atom. The van der Waals surface area contributed by atoms with Crippen molar-refractivity contribution < 1.29 is 22.3 Å². The van der Waals surface area contributed by atoms with E-state index in [1.165, 1.54) is 34.6 Å². The Bertz CT molecular complexity index is 878. The average molecular weight is 378 g/mol. The Hall–Kier alpha value is -2.29. The number of ether oxygens (including phenoxy) is 1. The van der Waals surface area contributed by atoms with Gasteiger partial charge in [-0.25, -0.2) is 12.8 Å². The number of rotatable bonds is 5. The molecule has 2 aromatic carbocycles.